The van der Waals surface area contributed by atoms with E-state index in [2.05, 4.69) is 10.6 Å². The minimum atomic E-state index is -0.809. The second kappa shape index (κ2) is 6.70. The number of carbonyl (C=O) groups excluding carboxylic acids is 3. The van der Waals surface area contributed by atoms with Crippen LogP contribution in [0.4, 0.5) is 0 Å². The van der Waals surface area contributed by atoms with Gasteiger partial charge in [-0.25, -0.2) is 0 Å². The molecule has 2 atom stereocenters. The van der Waals surface area contributed by atoms with Crippen molar-refractivity contribution in [2.75, 3.05) is 0 Å². The number of hydrogen-bond acceptors (Lipinski definition) is 3. The van der Waals surface area contributed by atoms with Gasteiger partial charge < -0.3 is 16.4 Å². The van der Waals surface area contributed by atoms with E-state index in [9.17, 15) is 14.4 Å². The Morgan fingerprint density at radius 3 is 2.62 bits per heavy atom. The summed E-state index contributed by atoms with van der Waals surface area (Å²) in [6.45, 7) is 0. The van der Waals surface area contributed by atoms with E-state index >= 15 is 0 Å². The van der Waals surface area contributed by atoms with Gasteiger partial charge in [-0.05, 0) is 22.8 Å². The molecule has 1 heterocycles. The van der Waals surface area contributed by atoms with Crippen molar-refractivity contribution >= 4 is 28.5 Å². The Hall–Kier alpha value is -2.89. The predicted octanol–water partition coefficient (Wildman–Crippen LogP) is 0.631. The molecule has 124 valence electrons. The lowest BCUT2D eigenvalue weighted by Gasteiger charge is -2.18. The number of carbonyl (C=O) groups is 3. The van der Waals surface area contributed by atoms with Crippen molar-refractivity contribution in [3.05, 3.63) is 48.0 Å². The van der Waals surface area contributed by atoms with Crippen LogP contribution in [0.5, 0.6) is 0 Å². The predicted molar refractivity (Wildman–Crippen MR) is 89.9 cm³/mol. The molecule has 3 rings (SSSR count). The van der Waals surface area contributed by atoms with Crippen molar-refractivity contribution in [3.63, 3.8) is 0 Å². The van der Waals surface area contributed by atoms with Gasteiger partial charge in [0, 0.05) is 12.8 Å². The van der Waals surface area contributed by atoms with Crippen LogP contribution in [0.1, 0.15) is 18.4 Å². The molecule has 1 aliphatic heterocycles. The molecule has 24 heavy (non-hydrogen) atoms. The summed E-state index contributed by atoms with van der Waals surface area (Å²) < 4.78 is 0. The minimum absolute atomic E-state index is 0.152. The number of nitrogens with two attached hydrogens (primary N) is 1. The van der Waals surface area contributed by atoms with E-state index in [1.165, 1.54) is 0 Å². The molecule has 2 aromatic carbocycles. The van der Waals surface area contributed by atoms with Gasteiger partial charge in [-0.1, -0.05) is 42.5 Å². The summed E-state index contributed by atoms with van der Waals surface area (Å²) in [6, 6.07) is 12.4. The van der Waals surface area contributed by atoms with E-state index in [0.717, 1.165) is 16.3 Å². The highest BCUT2D eigenvalue weighted by molar-refractivity contribution is 5.93. The van der Waals surface area contributed by atoms with Gasteiger partial charge in [-0.3, -0.25) is 14.4 Å². The van der Waals surface area contributed by atoms with Crippen molar-refractivity contribution < 1.29 is 14.4 Å². The minimum Gasteiger partial charge on any atom is -0.368 e. The second-order valence-electron chi connectivity index (χ2n) is 6.01. The molecular formula is C18H19N3O3. The molecule has 1 fully saturated rings. The van der Waals surface area contributed by atoms with Crippen molar-refractivity contribution in [2.45, 2.75) is 31.3 Å². The summed E-state index contributed by atoms with van der Waals surface area (Å²) in [7, 11) is 0. The maximum atomic E-state index is 12.2. The van der Waals surface area contributed by atoms with Crippen LogP contribution in [0.2, 0.25) is 0 Å². The highest BCUT2D eigenvalue weighted by Crippen LogP contribution is 2.17. The number of benzene rings is 2. The highest BCUT2D eigenvalue weighted by Gasteiger charge is 2.29. The molecule has 0 bridgehead atoms. The van der Waals surface area contributed by atoms with Gasteiger partial charge in [0.25, 0.3) is 0 Å². The zero-order valence-corrected chi connectivity index (χ0v) is 13.1. The van der Waals surface area contributed by atoms with Crippen LogP contribution in [-0.2, 0) is 20.8 Å². The first-order valence-electron chi connectivity index (χ1n) is 7.89. The molecule has 1 saturated heterocycles. The first-order valence-corrected chi connectivity index (χ1v) is 7.89. The third kappa shape index (κ3) is 3.53. The maximum Gasteiger partial charge on any atom is 0.243 e. The van der Waals surface area contributed by atoms with E-state index < -0.39 is 18.0 Å². The smallest absolute Gasteiger partial charge is 0.243 e. The Labute approximate surface area is 139 Å². The molecule has 0 unspecified atom stereocenters. The third-order valence-electron chi connectivity index (χ3n) is 4.23. The highest BCUT2D eigenvalue weighted by atomic mass is 16.2. The van der Waals surface area contributed by atoms with E-state index in [0.29, 0.717) is 19.3 Å². The van der Waals surface area contributed by atoms with Crippen LogP contribution in [0.15, 0.2) is 42.5 Å². The van der Waals surface area contributed by atoms with Crippen LogP contribution in [0.3, 0.4) is 0 Å². The number of nitrogens with one attached hydrogen (secondary N) is 2. The Balaban J connectivity index is 1.72. The normalized spacial score (nSPS) is 18.2. The SMILES string of the molecule is NC(=O)[C@@H](Cc1ccc2ccccc2c1)NC(=O)[C@H]1CCC(=O)N1. The lowest BCUT2D eigenvalue weighted by molar-refractivity contribution is -0.129. The van der Waals surface area contributed by atoms with E-state index in [-0.39, 0.29) is 11.8 Å². The maximum absolute atomic E-state index is 12.2. The summed E-state index contributed by atoms with van der Waals surface area (Å²) in [5.74, 6) is -1.12. The Morgan fingerprint density at radius 2 is 1.96 bits per heavy atom. The van der Waals surface area contributed by atoms with Crippen LogP contribution in [-0.4, -0.2) is 29.8 Å². The molecule has 2 aromatic rings. The van der Waals surface area contributed by atoms with Crippen LogP contribution in [0.25, 0.3) is 10.8 Å². The van der Waals surface area contributed by atoms with Crippen molar-refractivity contribution in [2.24, 2.45) is 5.73 Å². The van der Waals surface area contributed by atoms with E-state index in [1.54, 1.807) is 0 Å². The first-order chi connectivity index (χ1) is 11.5. The molecule has 0 spiro atoms. The van der Waals surface area contributed by atoms with Gasteiger partial charge in [0.2, 0.25) is 17.7 Å². The summed E-state index contributed by atoms with van der Waals surface area (Å²) in [6.07, 6.45) is 1.07. The summed E-state index contributed by atoms with van der Waals surface area (Å²) in [5, 5.41) is 7.40. The monoisotopic (exact) mass is 325 g/mol. The Kier molecular flexibility index (Phi) is 4.46. The third-order valence-corrected chi connectivity index (χ3v) is 4.23. The summed E-state index contributed by atoms with van der Waals surface area (Å²) in [4.78, 5) is 35.1. The van der Waals surface area contributed by atoms with Gasteiger partial charge in [0.05, 0.1) is 0 Å². The fraction of sp³-hybridized carbons (Fsp3) is 0.278. The van der Waals surface area contributed by atoms with Gasteiger partial charge in [-0.15, -0.1) is 0 Å². The molecule has 0 aliphatic carbocycles. The number of rotatable bonds is 5. The fourth-order valence-electron chi connectivity index (χ4n) is 2.91. The van der Waals surface area contributed by atoms with Crippen molar-refractivity contribution in [1.82, 2.24) is 10.6 Å². The average molecular weight is 325 g/mol. The molecule has 0 radical (unpaired) electrons. The zero-order valence-electron chi connectivity index (χ0n) is 13.1. The first kappa shape index (κ1) is 16.0. The van der Waals surface area contributed by atoms with Crippen molar-refractivity contribution in [1.29, 1.82) is 0 Å². The Bertz CT molecular complexity index is 803. The molecule has 4 N–H and O–H groups in total. The molecule has 3 amide bonds. The lowest BCUT2D eigenvalue weighted by atomic mass is 10.0. The summed E-state index contributed by atoms with van der Waals surface area (Å²) >= 11 is 0. The van der Waals surface area contributed by atoms with Crippen molar-refractivity contribution in [3.8, 4) is 0 Å². The Morgan fingerprint density at radius 1 is 1.21 bits per heavy atom. The number of amides is 3. The van der Waals surface area contributed by atoms with Gasteiger partial charge in [0.15, 0.2) is 0 Å². The van der Waals surface area contributed by atoms with Crippen LogP contribution >= 0.6 is 0 Å². The number of fused-ring (bicyclic) bond motifs is 1. The average Bonchev–Trinajstić information content (AvgIpc) is 3.00. The molecule has 6 nitrogen and oxygen atoms in total. The largest absolute Gasteiger partial charge is 0.368 e. The fourth-order valence-corrected chi connectivity index (χ4v) is 2.91. The molecule has 0 aromatic heterocycles. The molecule has 1 aliphatic rings. The zero-order chi connectivity index (χ0) is 17.1. The quantitative estimate of drug-likeness (QED) is 0.751. The topological polar surface area (TPSA) is 101 Å². The number of hydrogen-bond donors (Lipinski definition) is 3. The van der Waals surface area contributed by atoms with Gasteiger partial charge >= 0.3 is 0 Å². The van der Waals surface area contributed by atoms with Gasteiger partial charge in [0.1, 0.15) is 12.1 Å². The molecule has 0 saturated carbocycles. The summed E-state index contributed by atoms with van der Waals surface area (Å²) in [5.41, 5.74) is 6.34. The standard InChI is InChI=1S/C18H19N3O3/c19-17(23)15(21-18(24)14-7-8-16(22)20-14)10-11-5-6-12-3-1-2-4-13(12)9-11/h1-6,9,14-15H,7-8,10H2,(H2,19,23)(H,20,22)(H,21,24)/t14-,15-/m1/s1. The molecule has 6 heteroatoms. The number of primary amides is 1. The lowest BCUT2D eigenvalue weighted by Crippen LogP contribution is -2.51. The van der Waals surface area contributed by atoms with Gasteiger partial charge in [-0.2, -0.15) is 0 Å². The molecular weight excluding hydrogens is 306 g/mol. The van der Waals surface area contributed by atoms with E-state index in [1.807, 2.05) is 42.5 Å². The van der Waals surface area contributed by atoms with E-state index in [4.69, 9.17) is 5.73 Å². The second-order valence-corrected chi connectivity index (χ2v) is 6.01. The van der Waals surface area contributed by atoms with Crippen LogP contribution < -0.4 is 16.4 Å². The van der Waals surface area contributed by atoms with Crippen LogP contribution in [0, 0.1) is 0 Å².